The third kappa shape index (κ3) is 1.82. The lowest BCUT2D eigenvalue weighted by Crippen LogP contribution is -2.13. The molecule has 68 valence electrons. The van der Waals surface area contributed by atoms with Gasteiger partial charge in [-0.2, -0.15) is 0 Å². The van der Waals surface area contributed by atoms with E-state index >= 15 is 0 Å². The summed E-state index contributed by atoms with van der Waals surface area (Å²) in [6.07, 6.45) is 0. The molecular weight excluding hydrogens is 174 g/mol. The second-order valence-electron chi connectivity index (χ2n) is 2.59. The monoisotopic (exact) mass is 187 g/mol. The first kappa shape index (κ1) is 9.18. The Morgan fingerprint density at radius 1 is 1.50 bits per heavy atom. The van der Waals surface area contributed by atoms with E-state index in [2.05, 4.69) is 29.4 Å². The molecule has 6 heteroatoms. The van der Waals surface area contributed by atoms with Crippen LogP contribution in [0.3, 0.4) is 0 Å². The van der Waals surface area contributed by atoms with Gasteiger partial charge in [-0.3, -0.25) is 0 Å². The first-order valence-corrected chi connectivity index (χ1v) is 4.58. The maximum atomic E-state index is 5.67. The molecule has 0 saturated carbocycles. The van der Waals surface area contributed by atoms with E-state index in [1.807, 2.05) is 0 Å². The minimum Gasteiger partial charge on any atom is -0.356 e. The summed E-state index contributed by atoms with van der Waals surface area (Å²) in [5, 5.41) is 11.8. The molecule has 1 rings (SSSR count). The number of nitrogens with two attached hydrogens (primary N) is 1. The topological polar surface area (TPSA) is 68.8 Å². The molecule has 3 N–H and O–H groups in total. The molecule has 12 heavy (non-hydrogen) atoms. The van der Waals surface area contributed by atoms with Crippen LogP contribution < -0.4 is 11.2 Å². The number of nitrogen functional groups attached to an aromatic ring is 1. The summed E-state index contributed by atoms with van der Waals surface area (Å²) in [6, 6.07) is 0. The summed E-state index contributed by atoms with van der Waals surface area (Å²) < 4.78 is 1.45. The number of rotatable bonds is 3. The largest absolute Gasteiger partial charge is 0.356 e. The third-order valence-corrected chi connectivity index (χ3v) is 2.19. The predicted octanol–water partition coefficient (Wildman–Crippen LogP) is 0.534. The molecule has 5 nitrogen and oxygen atoms in total. The Bertz CT molecular complexity index is 256. The Balaban J connectivity index is 2.80. The zero-order valence-corrected chi connectivity index (χ0v) is 8.22. The minimum absolute atomic E-state index is 0.459. The minimum atomic E-state index is 0.459. The smallest absolute Gasteiger partial charge is 0.243 e. The van der Waals surface area contributed by atoms with Crippen LogP contribution in [-0.2, 0) is 0 Å². The van der Waals surface area contributed by atoms with E-state index in [4.69, 9.17) is 5.84 Å². The van der Waals surface area contributed by atoms with Gasteiger partial charge in [-0.05, 0) is 0 Å². The quantitative estimate of drug-likeness (QED) is 0.534. The number of nitrogens with one attached hydrogen (secondary N) is 1. The highest BCUT2D eigenvalue weighted by molar-refractivity contribution is 7.99. The maximum absolute atomic E-state index is 5.67. The number of hydrogen-bond acceptors (Lipinski definition) is 5. The molecular formula is C6H13N5S. The van der Waals surface area contributed by atoms with Crippen molar-refractivity contribution in [1.29, 1.82) is 0 Å². The molecule has 1 aromatic heterocycles. The average molecular weight is 187 g/mol. The Labute approximate surface area is 75.7 Å². The van der Waals surface area contributed by atoms with Gasteiger partial charge in [0.15, 0.2) is 0 Å². The summed E-state index contributed by atoms with van der Waals surface area (Å²) >= 11 is 1.59. The normalized spacial score (nSPS) is 10.7. The molecule has 0 aromatic carbocycles. The van der Waals surface area contributed by atoms with Gasteiger partial charge in [0.1, 0.15) is 0 Å². The Kier molecular flexibility index (Phi) is 2.80. The predicted molar refractivity (Wildman–Crippen MR) is 50.7 cm³/mol. The molecule has 0 unspecified atom stereocenters. The second kappa shape index (κ2) is 3.66. The molecule has 0 atom stereocenters. The van der Waals surface area contributed by atoms with Crippen LogP contribution in [0.5, 0.6) is 0 Å². The first-order chi connectivity index (χ1) is 5.65. The number of thioether (sulfide) groups is 1. The zero-order chi connectivity index (χ0) is 9.14. The van der Waals surface area contributed by atoms with E-state index in [1.54, 1.807) is 18.8 Å². The van der Waals surface area contributed by atoms with Gasteiger partial charge in [0.2, 0.25) is 11.1 Å². The SMILES string of the molecule is CNc1nnc(SC(C)C)n1N. The van der Waals surface area contributed by atoms with E-state index in [1.165, 1.54) is 4.68 Å². The van der Waals surface area contributed by atoms with Crippen molar-refractivity contribution >= 4 is 17.7 Å². The van der Waals surface area contributed by atoms with E-state index in [9.17, 15) is 0 Å². The van der Waals surface area contributed by atoms with Crippen molar-refractivity contribution in [3.8, 4) is 0 Å². The highest BCUT2D eigenvalue weighted by Crippen LogP contribution is 2.20. The summed E-state index contributed by atoms with van der Waals surface area (Å²) in [6.45, 7) is 4.16. The summed E-state index contributed by atoms with van der Waals surface area (Å²) in [5.74, 6) is 6.25. The van der Waals surface area contributed by atoms with Crippen molar-refractivity contribution in [3.63, 3.8) is 0 Å². The van der Waals surface area contributed by atoms with Gasteiger partial charge in [0.25, 0.3) is 0 Å². The fourth-order valence-electron chi connectivity index (χ4n) is 0.739. The highest BCUT2D eigenvalue weighted by atomic mass is 32.2. The van der Waals surface area contributed by atoms with Crippen LogP contribution in [0.15, 0.2) is 5.16 Å². The second-order valence-corrected chi connectivity index (χ2v) is 4.14. The Morgan fingerprint density at radius 3 is 2.58 bits per heavy atom. The number of anilines is 1. The van der Waals surface area contributed by atoms with Gasteiger partial charge < -0.3 is 11.2 Å². The van der Waals surface area contributed by atoms with Crippen LogP contribution >= 0.6 is 11.8 Å². The van der Waals surface area contributed by atoms with E-state index in [0.29, 0.717) is 11.2 Å². The molecule has 0 saturated heterocycles. The molecule has 0 amide bonds. The summed E-state index contributed by atoms with van der Waals surface area (Å²) in [4.78, 5) is 0. The Morgan fingerprint density at radius 2 is 2.17 bits per heavy atom. The highest BCUT2D eigenvalue weighted by Gasteiger charge is 2.09. The number of aromatic nitrogens is 3. The molecule has 0 radical (unpaired) electrons. The van der Waals surface area contributed by atoms with Gasteiger partial charge in [0.05, 0.1) is 0 Å². The van der Waals surface area contributed by atoms with Gasteiger partial charge >= 0.3 is 0 Å². The molecule has 1 aromatic rings. The van der Waals surface area contributed by atoms with Crippen molar-refractivity contribution in [2.24, 2.45) is 0 Å². The van der Waals surface area contributed by atoms with Crippen molar-refractivity contribution in [2.45, 2.75) is 24.3 Å². The summed E-state index contributed by atoms with van der Waals surface area (Å²) in [7, 11) is 1.76. The van der Waals surface area contributed by atoms with Gasteiger partial charge in [-0.15, -0.1) is 10.2 Å². The molecule has 0 aliphatic heterocycles. The fourth-order valence-corrected chi connectivity index (χ4v) is 1.45. The lowest BCUT2D eigenvalue weighted by atomic mass is 10.6. The van der Waals surface area contributed by atoms with Crippen LogP contribution in [0.2, 0.25) is 0 Å². The molecule has 1 heterocycles. The van der Waals surface area contributed by atoms with E-state index < -0.39 is 0 Å². The van der Waals surface area contributed by atoms with Crippen molar-refractivity contribution in [3.05, 3.63) is 0 Å². The van der Waals surface area contributed by atoms with Crippen LogP contribution in [-0.4, -0.2) is 27.2 Å². The molecule has 0 spiro atoms. The van der Waals surface area contributed by atoms with Crippen molar-refractivity contribution in [2.75, 3.05) is 18.2 Å². The maximum Gasteiger partial charge on any atom is 0.243 e. The van der Waals surface area contributed by atoms with Gasteiger partial charge in [-0.25, -0.2) is 4.68 Å². The van der Waals surface area contributed by atoms with Crippen LogP contribution in [0.1, 0.15) is 13.8 Å². The van der Waals surface area contributed by atoms with Crippen LogP contribution in [0.4, 0.5) is 5.95 Å². The van der Waals surface area contributed by atoms with Crippen LogP contribution in [0, 0.1) is 0 Å². The molecule has 0 aliphatic carbocycles. The van der Waals surface area contributed by atoms with Crippen molar-refractivity contribution in [1.82, 2.24) is 14.9 Å². The number of nitrogens with zero attached hydrogens (tertiary/aromatic N) is 3. The van der Waals surface area contributed by atoms with E-state index in [0.717, 1.165) is 5.16 Å². The first-order valence-electron chi connectivity index (χ1n) is 3.70. The number of hydrogen-bond donors (Lipinski definition) is 2. The fraction of sp³-hybridized carbons (Fsp3) is 0.667. The van der Waals surface area contributed by atoms with Crippen molar-refractivity contribution < 1.29 is 0 Å². The molecule has 0 bridgehead atoms. The van der Waals surface area contributed by atoms with Gasteiger partial charge in [-0.1, -0.05) is 25.6 Å². The Hall–Kier alpha value is -0.910. The van der Waals surface area contributed by atoms with Gasteiger partial charge in [0, 0.05) is 12.3 Å². The van der Waals surface area contributed by atoms with Crippen LogP contribution in [0.25, 0.3) is 0 Å². The molecule has 0 fully saturated rings. The summed E-state index contributed by atoms with van der Waals surface area (Å²) in [5.41, 5.74) is 0. The molecule has 0 aliphatic rings. The van der Waals surface area contributed by atoms with E-state index in [-0.39, 0.29) is 0 Å². The standard InChI is InChI=1S/C6H13N5S/c1-4(2)12-6-10-9-5(8-3)11(6)7/h4H,7H2,1-3H3,(H,8,9). The third-order valence-electron chi connectivity index (χ3n) is 1.23. The average Bonchev–Trinajstić information content (AvgIpc) is 2.32. The lowest BCUT2D eigenvalue weighted by Gasteiger charge is -2.03. The zero-order valence-electron chi connectivity index (χ0n) is 7.40. The lowest BCUT2D eigenvalue weighted by molar-refractivity contribution is 0.843.